The maximum atomic E-state index is 3.64. The van der Waals surface area contributed by atoms with Crippen LogP contribution in [0.15, 0.2) is 0 Å². The molecule has 0 rings (SSSR count). The van der Waals surface area contributed by atoms with Crippen molar-refractivity contribution in [2.75, 3.05) is 0 Å². The van der Waals surface area contributed by atoms with E-state index in [2.05, 4.69) is 83.1 Å². The second-order valence-electron chi connectivity index (χ2n) is 5.58. The average molecular weight is 298 g/mol. The van der Waals surface area contributed by atoms with Gasteiger partial charge in [-0.05, 0) is 0 Å². The van der Waals surface area contributed by atoms with Crippen molar-refractivity contribution in [3.63, 3.8) is 0 Å². The summed E-state index contributed by atoms with van der Waals surface area (Å²) in [7, 11) is 0. The van der Waals surface area contributed by atoms with E-state index in [0.717, 1.165) is 0 Å². The molecule has 0 saturated carbocycles. The van der Waals surface area contributed by atoms with Crippen molar-refractivity contribution in [1.82, 2.24) is 0 Å². The zero-order valence-corrected chi connectivity index (χ0v) is 17.0. The van der Waals surface area contributed by atoms with Gasteiger partial charge < -0.3 is 33.2 Å². The fourth-order valence-corrected chi connectivity index (χ4v) is 0. The van der Waals surface area contributed by atoms with E-state index in [1.54, 1.807) is 0 Å². The van der Waals surface area contributed by atoms with E-state index in [1.807, 2.05) is 0 Å². The largest absolute Gasteiger partial charge is 3.00 e. The SMILES string of the molecule is [Al+3].[Al+3].[CH2-]C(C)C.[CH2-]C(C)C.[CH2-]C(C)C.[CH2-]C(C)C.[O-2]. The van der Waals surface area contributed by atoms with Crippen LogP contribution in [-0.4, -0.2) is 34.7 Å². The summed E-state index contributed by atoms with van der Waals surface area (Å²) in [4.78, 5) is 0. The van der Waals surface area contributed by atoms with Gasteiger partial charge in [0, 0.05) is 0 Å². The van der Waals surface area contributed by atoms with Gasteiger partial charge in [0.05, 0.1) is 0 Å². The standard InChI is InChI=1S/4C4H9.2Al.O/c4*1-4(2)3;;;/h4*4H,1H2,2-3H3;;;/q4*-1;2*+3;-2. The molecule has 0 aromatic carbocycles. The molecular formula is C16H36Al2O. The summed E-state index contributed by atoms with van der Waals surface area (Å²) < 4.78 is 0. The van der Waals surface area contributed by atoms with Crippen molar-refractivity contribution in [2.45, 2.75) is 55.4 Å². The first-order valence-corrected chi connectivity index (χ1v) is 6.25. The molecule has 112 valence electrons. The number of hydrogen-bond donors (Lipinski definition) is 0. The Morgan fingerprint density at radius 2 is 0.421 bits per heavy atom. The molecule has 0 radical (unpaired) electrons. The van der Waals surface area contributed by atoms with E-state index in [9.17, 15) is 0 Å². The first-order valence-electron chi connectivity index (χ1n) is 6.25. The number of hydrogen-bond acceptors (Lipinski definition) is 0. The zero-order valence-electron chi connectivity index (χ0n) is 14.7. The molecule has 3 heteroatoms. The van der Waals surface area contributed by atoms with Gasteiger partial charge in [0.25, 0.3) is 0 Å². The van der Waals surface area contributed by atoms with Gasteiger partial charge in [0.15, 0.2) is 0 Å². The molecular weight excluding hydrogens is 262 g/mol. The van der Waals surface area contributed by atoms with Gasteiger partial charge in [-0.25, -0.2) is 0 Å². The van der Waals surface area contributed by atoms with Gasteiger partial charge in [0.2, 0.25) is 0 Å². The zero-order chi connectivity index (χ0) is 14.3. The van der Waals surface area contributed by atoms with Gasteiger partial charge in [-0.3, -0.25) is 0 Å². The summed E-state index contributed by atoms with van der Waals surface area (Å²) >= 11 is 0. The van der Waals surface area contributed by atoms with E-state index in [0.29, 0.717) is 23.7 Å². The van der Waals surface area contributed by atoms with Crippen LogP contribution in [-0.2, 0) is 5.48 Å². The molecule has 19 heavy (non-hydrogen) atoms. The molecule has 0 aliphatic rings. The molecule has 0 amide bonds. The monoisotopic (exact) mass is 298 g/mol. The van der Waals surface area contributed by atoms with Crippen molar-refractivity contribution < 1.29 is 5.48 Å². The Morgan fingerprint density at radius 3 is 0.421 bits per heavy atom. The molecule has 0 unspecified atom stereocenters. The minimum atomic E-state index is 0. The van der Waals surface area contributed by atoms with Crippen LogP contribution < -0.4 is 0 Å². The first-order chi connectivity index (χ1) is 6.93. The van der Waals surface area contributed by atoms with Gasteiger partial charge in [-0.15, -0.1) is 0 Å². The van der Waals surface area contributed by atoms with Crippen LogP contribution in [0.5, 0.6) is 0 Å². The van der Waals surface area contributed by atoms with Gasteiger partial charge in [-0.2, -0.15) is 23.7 Å². The summed E-state index contributed by atoms with van der Waals surface area (Å²) in [6.45, 7) is 31.0. The van der Waals surface area contributed by atoms with Crippen molar-refractivity contribution >= 4 is 34.7 Å². The van der Waals surface area contributed by atoms with Gasteiger partial charge in [0.1, 0.15) is 0 Å². The molecule has 0 aromatic heterocycles. The van der Waals surface area contributed by atoms with Gasteiger partial charge in [-0.1, -0.05) is 55.4 Å². The van der Waals surface area contributed by atoms with Crippen LogP contribution in [0.1, 0.15) is 55.4 Å². The predicted octanol–water partition coefficient (Wildman–Crippen LogP) is 5.03. The van der Waals surface area contributed by atoms with Crippen molar-refractivity contribution in [1.29, 1.82) is 0 Å². The summed E-state index contributed by atoms with van der Waals surface area (Å²) in [6, 6.07) is 0. The molecule has 0 bridgehead atoms. The Balaban J connectivity index is -0.0000000192. The summed E-state index contributed by atoms with van der Waals surface area (Å²) in [5.41, 5.74) is 0. The summed E-state index contributed by atoms with van der Waals surface area (Å²) in [6.07, 6.45) is 0. The molecule has 0 N–H and O–H groups in total. The molecule has 0 aliphatic carbocycles. The van der Waals surface area contributed by atoms with Gasteiger partial charge >= 0.3 is 34.7 Å². The minimum Gasteiger partial charge on any atom is -2.00 e. The molecule has 1 nitrogen and oxygen atoms in total. The van der Waals surface area contributed by atoms with Crippen LogP contribution in [0.2, 0.25) is 0 Å². The fraction of sp³-hybridized carbons (Fsp3) is 0.750. The quantitative estimate of drug-likeness (QED) is 0.443. The normalized spacial score (nSPS) is 7.58. The Kier molecular flexibility index (Phi) is 81.9. The molecule has 0 atom stereocenters. The molecule has 0 saturated heterocycles. The third-order valence-corrected chi connectivity index (χ3v) is 0. The van der Waals surface area contributed by atoms with Crippen molar-refractivity contribution in [3.8, 4) is 0 Å². The van der Waals surface area contributed by atoms with E-state index >= 15 is 0 Å². The maximum Gasteiger partial charge on any atom is 3.00 e. The molecule has 0 heterocycles. The number of rotatable bonds is 0. The average Bonchev–Trinajstić information content (AvgIpc) is 1.76. The molecule has 0 fully saturated rings. The van der Waals surface area contributed by atoms with E-state index in [1.165, 1.54) is 0 Å². The van der Waals surface area contributed by atoms with E-state index < -0.39 is 0 Å². The second kappa shape index (κ2) is 36.4. The first kappa shape index (κ1) is 42.7. The van der Waals surface area contributed by atoms with Crippen molar-refractivity contribution in [3.05, 3.63) is 27.7 Å². The topological polar surface area (TPSA) is 28.5 Å². The van der Waals surface area contributed by atoms with E-state index in [4.69, 9.17) is 0 Å². The van der Waals surface area contributed by atoms with E-state index in [-0.39, 0.29) is 40.2 Å². The van der Waals surface area contributed by atoms with Crippen molar-refractivity contribution in [2.24, 2.45) is 23.7 Å². The third-order valence-electron chi connectivity index (χ3n) is 0. The smallest absolute Gasteiger partial charge is 2.00 e. The van der Waals surface area contributed by atoms with Crippen LogP contribution in [0.25, 0.3) is 0 Å². The van der Waals surface area contributed by atoms with Crippen LogP contribution >= 0.6 is 0 Å². The predicted molar refractivity (Wildman–Crippen MR) is 93.0 cm³/mol. The molecule has 0 aliphatic heterocycles. The fourth-order valence-electron chi connectivity index (χ4n) is 0. The Bertz CT molecular complexity index is 57.7. The molecule has 0 aromatic rings. The summed E-state index contributed by atoms with van der Waals surface area (Å²) in [5, 5.41) is 0. The Hall–Kier alpha value is 1.02. The molecule has 0 spiro atoms. The van der Waals surface area contributed by atoms with Crippen LogP contribution in [0.4, 0.5) is 0 Å². The second-order valence-corrected chi connectivity index (χ2v) is 5.58. The minimum absolute atomic E-state index is 0. The maximum absolute atomic E-state index is 3.64. The Morgan fingerprint density at radius 1 is 0.421 bits per heavy atom. The Labute approximate surface area is 146 Å². The third kappa shape index (κ3) is 5250. The summed E-state index contributed by atoms with van der Waals surface area (Å²) in [5.74, 6) is 2.33. The van der Waals surface area contributed by atoms with Crippen LogP contribution in [0, 0.1) is 51.4 Å². The van der Waals surface area contributed by atoms with Crippen LogP contribution in [0.3, 0.4) is 0 Å².